The Hall–Kier alpha value is 0.140. The van der Waals surface area contributed by atoms with Crippen LogP contribution in [0.25, 0.3) is 0 Å². The number of carbonyl (C=O) groups is 1. The van der Waals surface area contributed by atoms with E-state index >= 15 is 0 Å². The highest BCUT2D eigenvalue weighted by Crippen LogP contribution is 2.38. The van der Waals surface area contributed by atoms with Crippen molar-refractivity contribution in [2.24, 2.45) is 0 Å². The third kappa shape index (κ3) is 2.34. The van der Waals surface area contributed by atoms with Gasteiger partial charge in [-0.25, -0.2) is 12.7 Å². The summed E-state index contributed by atoms with van der Waals surface area (Å²) in [4.78, 5) is 12.2. The molecule has 1 amide bonds. The van der Waals surface area contributed by atoms with E-state index in [1.165, 1.54) is 6.07 Å². The fourth-order valence-corrected chi connectivity index (χ4v) is 5.35. The fourth-order valence-electron chi connectivity index (χ4n) is 1.60. The molecule has 0 atom stereocenters. The van der Waals surface area contributed by atoms with Crippen LogP contribution < -0.4 is 0 Å². The molecular formula is C9H9ClINO3S2. The number of thiophene rings is 1. The van der Waals surface area contributed by atoms with Crippen molar-refractivity contribution in [3.63, 3.8) is 0 Å². The number of carbonyl (C=O) groups excluding carboxylic acids is 1. The molecule has 0 aliphatic carbocycles. The van der Waals surface area contributed by atoms with Crippen LogP contribution in [0.2, 0.25) is 4.34 Å². The summed E-state index contributed by atoms with van der Waals surface area (Å²) < 4.78 is 26.3. The number of rotatable bonds is 4. The van der Waals surface area contributed by atoms with E-state index in [1.807, 2.05) is 0 Å². The van der Waals surface area contributed by atoms with Crippen LogP contribution in [-0.2, 0) is 10.0 Å². The number of nitrogens with zero attached hydrogens (tertiary/aromatic N) is 1. The maximum atomic E-state index is 12.1. The highest BCUT2D eigenvalue weighted by atomic mass is 127. The molecule has 2 heterocycles. The highest BCUT2D eigenvalue weighted by molar-refractivity contribution is 14.1. The lowest BCUT2D eigenvalue weighted by Gasteiger charge is -2.14. The molecule has 8 heteroatoms. The molecule has 0 unspecified atom stereocenters. The predicted octanol–water partition coefficient (Wildman–Crippen LogP) is 2.76. The lowest BCUT2D eigenvalue weighted by Crippen LogP contribution is -2.31. The number of hydrogen-bond donors (Lipinski definition) is 0. The van der Waals surface area contributed by atoms with Gasteiger partial charge in [-0.05, 0) is 23.3 Å². The topological polar surface area (TPSA) is 54.5 Å². The van der Waals surface area contributed by atoms with Gasteiger partial charge in [0.05, 0.1) is 4.34 Å². The van der Waals surface area contributed by atoms with Gasteiger partial charge in [0.25, 0.3) is 15.9 Å². The number of fused-ring (bicyclic) bond motifs is 1. The monoisotopic (exact) mass is 405 g/mol. The Balaban J connectivity index is 2.29. The third-order valence-corrected chi connectivity index (χ3v) is 6.35. The standard InChI is InChI=1S/C9H9ClINO3S2/c10-7-5-6-8(16-7)9(13)12(17(6,14)15)4-2-1-3-11/h5H,1-4H2. The van der Waals surface area contributed by atoms with Gasteiger partial charge in [-0.15, -0.1) is 11.3 Å². The molecule has 17 heavy (non-hydrogen) atoms. The van der Waals surface area contributed by atoms with Crippen molar-refractivity contribution in [1.29, 1.82) is 0 Å². The van der Waals surface area contributed by atoms with Gasteiger partial charge in [0.15, 0.2) is 0 Å². The molecule has 0 aromatic carbocycles. The average molecular weight is 406 g/mol. The zero-order valence-corrected chi connectivity index (χ0v) is 13.2. The van der Waals surface area contributed by atoms with E-state index in [9.17, 15) is 13.2 Å². The van der Waals surface area contributed by atoms with Crippen LogP contribution in [0.1, 0.15) is 22.5 Å². The molecule has 0 fully saturated rings. The molecule has 94 valence electrons. The molecule has 0 radical (unpaired) electrons. The minimum atomic E-state index is -3.65. The quantitative estimate of drug-likeness (QED) is 0.440. The first-order valence-electron chi connectivity index (χ1n) is 4.91. The van der Waals surface area contributed by atoms with Crippen molar-refractivity contribution >= 4 is 61.5 Å². The van der Waals surface area contributed by atoms with Gasteiger partial charge in [-0.3, -0.25) is 4.79 Å². The molecule has 0 bridgehead atoms. The van der Waals surface area contributed by atoms with Crippen LogP contribution in [0.5, 0.6) is 0 Å². The summed E-state index contributed by atoms with van der Waals surface area (Å²) in [6.07, 6.45) is 1.59. The molecule has 0 saturated heterocycles. The smallest absolute Gasteiger partial charge is 0.267 e. The van der Waals surface area contributed by atoms with E-state index in [2.05, 4.69) is 22.6 Å². The van der Waals surface area contributed by atoms with Gasteiger partial charge in [0, 0.05) is 6.54 Å². The Morgan fingerprint density at radius 2 is 2.12 bits per heavy atom. The van der Waals surface area contributed by atoms with Gasteiger partial charge in [-0.1, -0.05) is 34.2 Å². The minimum absolute atomic E-state index is 0.0620. The van der Waals surface area contributed by atoms with Gasteiger partial charge in [-0.2, -0.15) is 0 Å². The van der Waals surface area contributed by atoms with E-state index in [0.29, 0.717) is 10.8 Å². The molecule has 0 N–H and O–H groups in total. The van der Waals surface area contributed by atoms with Crippen LogP contribution in [0.4, 0.5) is 0 Å². The van der Waals surface area contributed by atoms with E-state index in [0.717, 1.165) is 26.5 Å². The summed E-state index contributed by atoms with van der Waals surface area (Å²) >= 11 is 8.97. The molecule has 0 spiro atoms. The van der Waals surface area contributed by atoms with Crippen molar-refractivity contribution in [3.05, 3.63) is 15.3 Å². The number of sulfonamides is 1. The van der Waals surface area contributed by atoms with Gasteiger partial charge < -0.3 is 0 Å². The van der Waals surface area contributed by atoms with Crippen LogP contribution >= 0.6 is 45.5 Å². The average Bonchev–Trinajstić information content (AvgIpc) is 2.72. The Bertz CT molecular complexity index is 555. The van der Waals surface area contributed by atoms with E-state index < -0.39 is 15.9 Å². The maximum absolute atomic E-state index is 12.1. The van der Waals surface area contributed by atoms with Crippen LogP contribution in [0.3, 0.4) is 0 Å². The zero-order valence-electron chi connectivity index (χ0n) is 8.65. The van der Waals surface area contributed by atoms with Gasteiger partial charge >= 0.3 is 0 Å². The second kappa shape index (κ2) is 5.02. The molecule has 1 aliphatic rings. The molecule has 1 aromatic rings. The summed E-state index contributed by atoms with van der Waals surface area (Å²) in [7, 11) is -3.65. The maximum Gasteiger partial charge on any atom is 0.279 e. The second-order valence-electron chi connectivity index (χ2n) is 3.52. The first-order chi connectivity index (χ1) is 7.98. The van der Waals surface area contributed by atoms with E-state index in [-0.39, 0.29) is 16.3 Å². The Morgan fingerprint density at radius 1 is 1.41 bits per heavy atom. The molecule has 1 aromatic heterocycles. The predicted molar refractivity (Wildman–Crippen MR) is 75.7 cm³/mol. The van der Waals surface area contributed by atoms with Crippen molar-refractivity contribution < 1.29 is 13.2 Å². The van der Waals surface area contributed by atoms with E-state index in [1.54, 1.807) is 0 Å². The summed E-state index contributed by atoms with van der Waals surface area (Å²) in [5.74, 6) is -0.439. The number of unbranched alkanes of at least 4 members (excludes halogenated alkanes) is 1. The fraction of sp³-hybridized carbons (Fsp3) is 0.444. The summed E-state index contributed by atoms with van der Waals surface area (Å²) in [5, 5.41) is 0. The second-order valence-corrected chi connectivity index (χ2v) is 8.12. The molecule has 2 rings (SSSR count). The van der Waals surface area contributed by atoms with Crippen LogP contribution in [0, 0.1) is 0 Å². The number of alkyl halides is 1. The summed E-state index contributed by atoms with van der Waals surface area (Å²) in [6, 6.07) is 1.35. The lowest BCUT2D eigenvalue weighted by atomic mass is 10.3. The normalized spacial score (nSPS) is 17.5. The first-order valence-corrected chi connectivity index (χ1v) is 9.07. The van der Waals surface area contributed by atoms with Gasteiger partial charge in [0.1, 0.15) is 9.77 Å². The number of halogens is 2. The molecular weight excluding hydrogens is 397 g/mol. The Labute approximate surface area is 122 Å². The highest BCUT2D eigenvalue weighted by Gasteiger charge is 2.42. The summed E-state index contributed by atoms with van der Waals surface area (Å²) in [6.45, 7) is 0.253. The molecule has 1 aliphatic heterocycles. The largest absolute Gasteiger partial charge is 0.279 e. The zero-order chi connectivity index (χ0) is 12.6. The first kappa shape index (κ1) is 13.6. The van der Waals surface area contributed by atoms with Crippen LogP contribution in [-0.4, -0.2) is 29.6 Å². The van der Waals surface area contributed by atoms with Crippen molar-refractivity contribution in [3.8, 4) is 0 Å². The van der Waals surface area contributed by atoms with Crippen molar-refractivity contribution in [2.45, 2.75) is 17.7 Å². The summed E-state index contributed by atoms with van der Waals surface area (Å²) in [5.41, 5.74) is 0. The van der Waals surface area contributed by atoms with Gasteiger partial charge in [0.2, 0.25) is 0 Å². The number of hydrogen-bond acceptors (Lipinski definition) is 4. The Kier molecular flexibility index (Phi) is 4.01. The minimum Gasteiger partial charge on any atom is -0.267 e. The SMILES string of the molecule is O=C1c2sc(Cl)cc2S(=O)(=O)N1CCCCI. The third-order valence-electron chi connectivity index (χ3n) is 2.40. The molecule has 4 nitrogen and oxygen atoms in total. The Morgan fingerprint density at radius 3 is 2.71 bits per heavy atom. The molecule has 0 saturated carbocycles. The number of amides is 1. The van der Waals surface area contributed by atoms with E-state index in [4.69, 9.17) is 11.6 Å². The van der Waals surface area contributed by atoms with Crippen molar-refractivity contribution in [2.75, 3.05) is 11.0 Å². The van der Waals surface area contributed by atoms with Crippen LogP contribution in [0.15, 0.2) is 11.0 Å². The van der Waals surface area contributed by atoms with Crippen molar-refractivity contribution in [1.82, 2.24) is 4.31 Å². The lowest BCUT2D eigenvalue weighted by molar-refractivity contribution is 0.0874.